The largest absolute Gasteiger partial charge is 0.338 e. The van der Waals surface area contributed by atoms with Crippen LogP contribution in [0.2, 0.25) is 0 Å². The van der Waals surface area contributed by atoms with E-state index < -0.39 is 0 Å². The first-order chi connectivity index (χ1) is 9.65. The minimum Gasteiger partial charge on any atom is -0.338 e. The van der Waals surface area contributed by atoms with E-state index in [1.54, 1.807) is 0 Å². The van der Waals surface area contributed by atoms with Gasteiger partial charge in [0.15, 0.2) is 0 Å². The van der Waals surface area contributed by atoms with Crippen LogP contribution in [0.4, 0.5) is 0 Å². The van der Waals surface area contributed by atoms with E-state index >= 15 is 0 Å². The van der Waals surface area contributed by atoms with E-state index in [1.165, 1.54) is 0 Å². The molecule has 3 nitrogen and oxygen atoms in total. The van der Waals surface area contributed by atoms with E-state index in [9.17, 15) is 4.79 Å². The van der Waals surface area contributed by atoms with Gasteiger partial charge in [-0.15, -0.1) is 0 Å². The van der Waals surface area contributed by atoms with Crippen molar-refractivity contribution >= 4 is 5.91 Å². The zero-order valence-electron chi connectivity index (χ0n) is 12.3. The summed E-state index contributed by atoms with van der Waals surface area (Å²) in [4.78, 5) is 14.6. The molecular formula is C17H22N2O. The van der Waals surface area contributed by atoms with E-state index in [4.69, 9.17) is 5.73 Å². The Hall–Kier alpha value is -1.79. The summed E-state index contributed by atoms with van der Waals surface area (Å²) in [5.41, 5.74) is 8.03. The van der Waals surface area contributed by atoms with Gasteiger partial charge in [0.05, 0.1) is 12.1 Å². The number of benzene rings is 1. The van der Waals surface area contributed by atoms with Gasteiger partial charge < -0.3 is 10.6 Å². The monoisotopic (exact) mass is 270 g/mol. The Kier molecular flexibility index (Phi) is 4.81. The molecule has 1 aliphatic heterocycles. The van der Waals surface area contributed by atoms with Crippen molar-refractivity contribution < 1.29 is 4.79 Å². The molecule has 0 aliphatic carbocycles. The fourth-order valence-electron chi connectivity index (χ4n) is 2.61. The molecule has 0 spiro atoms. The van der Waals surface area contributed by atoms with Gasteiger partial charge in [-0.05, 0) is 37.0 Å². The number of nitrogens with zero attached hydrogens (tertiary/aromatic N) is 1. The van der Waals surface area contributed by atoms with E-state index in [0.29, 0.717) is 18.0 Å². The third kappa shape index (κ3) is 3.20. The summed E-state index contributed by atoms with van der Waals surface area (Å²) in [6.45, 7) is 6.22. The number of amides is 1. The number of likely N-dealkylation sites (tertiary alicyclic amines) is 1. The van der Waals surface area contributed by atoms with Gasteiger partial charge >= 0.3 is 0 Å². The first kappa shape index (κ1) is 14.6. The van der Waals surface area contributed by atoms with Crippen LogP contribution in [0.25, 0.3) is 0 Å². The molecule has 1 unspecified atom stereocenters. The summed E-state index contributed by atoms with van der Waals surface area (Å²) in [5.74, 6) is 6.61. The first-order valence-corrected chi connectivity index (χ1v) is 7.24. The van der Waals surface area contributed by atoms with E-state index in [-0.39, 0.29) is 5.91 Å². The number of hydrogen-bond acceptors (Lipinski definition) is 2. The normalized spacial score (nSPS) is 17.8. The molecule has 1 aliphatic rings. The molecule has 106 valence electrons. The fraction of sp³-hybridized carbons (Fsp3) is 0.471. The molecule has 1 saturated heterocycles. The van der Waals surface area contributed by atoms with Crippen LogP contribution in [-0.2, 0) is 0 Å². The lowest BCUT2D eigenvalue weighted by Gasteiger charge is -2.17. The maximum absolute atomic E-state index is 12.6. The molecule has 1 atom stereocenters. The highest BCUT2D eigenvalue weighted by Gasteiger charge is 2.26. The van der Waals surface area contributed by atoms with Crippen LogP contribution < -0.4 is 5.73 Å². The van der Waals surface area contributed by atoms with Crippen molar-refractivity contribution in [2.24, 2.45) is 11.7 Å². The van der Waals surface area contributed by atoms with E-state index in [1.807, 2.05) is 30.0 Å². The Bertz CT molecular complexity index is 554. The third-order valence-electron chi connectivity index (χ3n) is 3.88. The number of nitrogens with two attached hydrogens (primary N) is 1. The van der Waals surface area contributed by atoms with Crippen LogP contribution in [0.15, 0.2) is 18.2 Å². The topological polar surface area (TPSA) is 46.3 Å². The third-order valence-corrected chi connectivity index (χ3v) is 3.88. The Labute approximate surface area is 121 Å². The van der Waals surface area contributed by atoms with Crippen LogP contribution in [-0.4, -0.2) is 30.4 Å². The molecule has 0 radical (unpaired) electrons. The highest BCUT2D eigenvalue weighted by Crippen LogP contribution is 2.22. The number of rotatable bonds is 2. The molecule has 1 aromatic carbocycles. The summed E-state index contributed by atoms with van der Waals surface area (Å²) in [5, 5.41) is 0. The van der Waals surface area contributed by atoms with Gasteiger partial charge in [-0.3, -0.25) is 4.79 Å². The van der Waals surface area contributed by atoms with Gasteiger partial charge in [0, 0.05) is 18.7 Å². The summed E-state index contributed by atoms with van der Waals surface area (Å²) < 4.78 is 0. The molecule has 0 bridgehead atoms. The molecule has 2 rings (SSSR count). The van der Waals surface area contributed by atoms with Crippen molar-refractivity contribution in [3.05, 3.63) is 34.9 Å². The Morgan fingerprint density at radius 1 is 1.50 bits per heavy atom. The van der Waals surface area contributed by atoms with Gasteiger partial charge in [0.25, 0.3) is 5.91 Å². The summed E-state index contributed by atoms with van der Waals surface area (Å²) >= 11 is 0. The molecule has 1 aromatic rings. The Morgan fingerprint density at radius 2 is 2.30 bits per heavy atom. The quantitative estimate of drug-likeness (QED) is 0.837. The van der Waals surface area contributed by atoms with Gasteiger partial charge in [-0.1, -0.05) is 31.3 Å². The van der Waals surface area contributed by atoms with Crippen LogP contribution in [0.5, 0.6) is 0 Å². The molecule has 20 heavy (non-hydrogen) atoms. The number of carbonyl (C=O) groups excluding carboxylic acids is 1. The number of carbonyl (C=O) groups is 1. The van der Waals surface area contributed by atoms with E-state index in [2.05, 4.69) is 18.8 Å². The average molecular weight is 270 g/mol. The maximum atomic E-state index is 12.6. The fourth-order valence-corrected chi connectivity index (χ4v) is 2.61. The first-order valence-electron chi connectivity index (χ1n) is 7.24. The smallest absolute Gasteiger partial charge is 0.255 e. The predicted octanol–water partition coefficient (Wildman–Crippen LogP) is 2.18. The van der Waals surface area contributed by atoms with Gasteiger partial charge in [-0.2, -0.15) is 0 Å². The molecule has 1 heterocycles. The second kappa shape index (κ2) is 6.58. The molecule has 0 aromatic heterocycles. The molecule has 1 amide bonds. The second-order valence-corrected chi connectivity index (χ2v) is 5.37. The van der Waals surface area contributed by atoms with Crippen molar-refractivity contribution in [3.8, 4) is 11.8 Å². The minimum absolute atomic E-state index is 0.0993. The van der Waals surface area contributed by atoms with Crippen LogP contribution in [0, 0.1) is 24.7 Å². The predicted molar refractivity (Wildman–Crippen MR) is 81.4 cm³/mol. The molecule has 2 N–H and O–H groups in total. The lowest BCUT2D eigenvalue weighted by molar-refractivity contribution is 0.0786. The van der Waals surface area contributed by atoms with Crippen molar-refractivity contribution in [3.63, 3.8) is 0 Å². The van der Waals surface area contributed by atoms with Gasteiger partial charge in [0.2, 0.25) is 0 Å². The SMILES string of the molecule is CCC1CCN(C(=O)c2ccc(C)cc2C#CCN)C1. The average Bonchev–Trinajstić information content (AvgIpc) is 2.93. The van der Waals surface area contributed by atoms with E-state index in [0.717, 1.165) is 37.1 Å². The van der Waals surface area contributed by atoms with Gasteiger partial charge in [-0.25, -0.2) is 0 Å². The van der Waals surface area contributed by atoms with Crippen LogP contribution >= 0.6 is 0 Å². The highest BCUT2D eigenvalue weighted by atomic mass is 16.2. The van der Waals surface area contributed by atoms with Crippen molar-refractivity contribution in [2.75, 3.05) is 19.6 Å². The van der Waals surface area contributed by atoms with Crippen LogP contribution in [0.1, 0.15) is 41.3 Å². The molecule has 0 saturated carbocycles. The van der Waals surface area contributed by atoms with Gasteiger partial charge in [0.1, 0.15) is 0 Å². The lowest BCUT2D eigenvalue weighted by atomic mass is 10.0. The summed E-state index contributed by atoms with van der Waals surface area (Å²) in [6.07, 6.45) is 2.25. The maximum Gasteiger partial charge on any atom is 0.255 e. The minimum atomic E-state index is 0.0993. The Morgan fingerprint density at radius 3 is 2.95 bits per heavy atom. The summed E-state index contributed by atoms with van der Waals surface area (Å²) in [7, 11) is 0. The van der Waals surface area contributed by atoms with Crippen molar-refractivity contribution in [2.45, 2.75) is 26.7 Å². The lowest BCUT2D eigenvalue weighted by Crippen LogP contribution is -2.29. The zero-order valence-corrected chi connectivity index (χ0v) is 12.3. The number of aryl methyl sites for hydroxylation is 1. The standard InChI is InChI=1S/C17H22N2O/c1-3-14-8-10-19(12-14)17(20)16-7-6-13(2)11-15(16)5-4-9-18/h6-7,11,14H,3,8-10,12,18H2,1-2H3. The summed E-state index contributed by atoms with van der Waals surface area (Å²) in [6, 6.07) is 5.81. The highest BCUT2D eigenvalue weighted by molar-refractivity contribution is 5.97. The number of hydrogen-bond donors (Lipinski definition) is 1. The van der Waals surface area contributed by atoms with Crippen LogP contribution in [0.3, 0.4) is 0 Å². The van der Waals surface area contributed by atoms with Crippen molar-refractivity contribution in [1.29, 1.82) is 0 Å². The molecular weight excluding hydrogens is 248 g/mol. The van der Waals surface area contributed by atoms with Crippen molar-refractivity contribution in [1.82, 2.24) is 4.90 Å². The molecule has 1 fully saturated rings. The Balaban J connectivity index is 2.25. The molecule has 3 heteroatoms. The zero-order chi connectivity index (χ0) is 14.5. The second-order valence-electron chi connectivity index (χ2n) is 5.37.